The molecule has 1 amide bonds. The minimum absolute atomic E-state index is 0.00716. The first-order valence-electron chi connectivity index (χ1n) is 7.24. The Bertz CT molecular complexity index is 926. The highest BCUT2D eigenvalue weighted by atomic mass is 32.2. The number of methoxy groups -OCH3 is 2. The molecule has 0 aromatic heterocycles. The Morgan fingerprint density at radius 2 is 1.92 bits per heavy atom. The summed E-state index contributed by atoms with van der Waals surface area (Å²) >= 11 is 0. The van der Waals surface area contributed by atoms with Gasteiger partial charge in [-0.1, -0.05) is 0 Å². The minimum atomic E-state index is -3.90. The Labute approximate surface area is 144 Å². The van der Waals surface area contributed by atoms with Crippen molar-refractivity contribution in [1.29, 1.82) is 0 Å². The Kier molecular flexibility index (Phi) is 4.41. The van der Waals surface area contributed by atoms with Gasteiger partial charge in [-0.25, -0.2) is 8.42 Å². The first kappa shape index (κ1) is 16.9. The molecule has 2 aromatic carbocycles. The van der Waals surface area contributed by atoms with Gasteiger partial charge < -0.3 is 19.5 Å². The van der Waals surface area contributed by atoms with Gasteiger partial charge in [-0.3, -0.25) is 9.52 Å². The molecule has 1 aliphatic heterocycles. The molecule has 1 heterocycles. The van der Waals surface area contributed by atoms with Gasteiger partial charge in [0.25, 0.3) is 15.9 Å². The maximum Gasteiger partial charge on any atom is 0.262 e. The number of rotatable bonds is 5. The van der Waals surface area contributed by atoms with E-state index in [0.29, 0.717) is 22.9 Å². The number of ether oxygens (including phenoxy) is 3. The molecule has 0 aliphatic carbocycles. The van der Waals surface area contributed by atoms with Crippen molar-refractivity contribution in [2.45, 2.75) is 4.90 Å². The molecular formula is C16H16N2O6S. The predicted octanol–water partition coefficient (Wildman–Crippen LogP) is 1.84. The lowest BCUT2D eigenvalue weighted by Crippen LogP contribution is -2.25. The topological polar surface area (TPSA) is 103 Å². The number of anilines is 2. The molecule has 9 heteroatoms. The summed E-state index contributed by atoms with van der Waals surface area (Å²) in [5.74, 6) is 0.836. The fourth-order valence-electron chi connectivity index (χ4n) is 2.32. The Morgan fingerprint density at radius 3 is 2.64 bits per heavy atom. The fraction of sp³-hybridized carbons (Fsp3) is 0.188. The van der Waals surface area contributed by atoms with Gasteiger partial charge in [0, 0.05) is 12.1 Å². The average molecular weight is 364 g/mol. The monoisotopic (exact) mass is 364 g/mol. The lowest BCUT2D eigenvalue weighted by atomic mass is 10.2. The van der Waals surface area contributed by atoms with E-state index in [-0.39, 0.29) is 23.1 Å². The van der Waals surface area contributed by atoms with Gasteiger partial charge in [-0.2, -0.15) is 0 Å². The van der Waals surface area contributed by atoms with Gasteiger partial charge in [0.05, 0.1) is 30.5 Å². The van der Waals surface area contributed by atoms with Crippen LogP contribution in [-0.4, -0.2) is 35.2 Å². The van der Waals surface area contributed by atoms with E-state index in [0.717, 1.165) is 0 Å². The van der Waals surface area contributed by atoms with Crippen molar-refractivity contribution in [3.8, 4) is 17.2 Å². The zero-order valence-electron chi connectivity index (χ0n) is 13.5. The first-order chi connectivity index (χ1) is 11.9. The number of fused-ring (bicyclic) bond motifs is 1. The van der Waals surface area contributed by atoms with Gasteiger partial charge in [0.15, 0.2) is 6.61 Å². The second-order valence-corrected chi connectivity index (χ2v) is 6.85. The van der Waals surface area contributed by atoms with Crippen molar-refractivity contribution in [2.24, 2.45) is 0 Å². The Balaban J connectivity index is 1.94. The highest BCUT2D eigenvalue weighted by Crippen LogP contribution is 2.33. The SMILES string of the molecule is COc1ccc(OC)c(NS(=O)(=O)c2ccc3c(c2)OCC(=O)N3)c1. The summed E-state index contributed by atoms with van der Waals surface area (Å²) in [4.78, 5) is 11.3. The summed E-state index contributed by atoms with van der Waals surface area (Å²) < 4.78 is 43.3. The summed E-state index contributed by atoms with van der Waals surface area (Å²) in [7, 11) is -0.975. The molecule has 25 heavy (non-hydrogen) atoms. The van der Waals surface area contributed by atoms with E-state index in [1.54, 1.807) is 12.1 Å². The van der Waals surface area contributed by atoms with E-state index in [1.165, 1.54) is 38.5 Å². The molecule has 8 nitrogen and oxygen atoms in total. The largest absolute Gasteiger partial charge is 0.497 e. The van der Waals surface area contributed by atoms with Crippen LogP contribution in [0.15, 0.2) is 41.3 Å². The smallest absolute Gasteiger partial charge is 0.262 e. The van der Waals surface area contributed by atoms with Crippen LogP contribution in [0.5, 0.6) is 17.2 Å². The standard InChI is InChI=1S/C16H16N2O6S/c1-22-10-3-6-14(23-2)13(7-10)18-25(20,21)11-4-5-12-15(8-11)24-9-16(19)17-12/h3-8,18H,9H2,1-2H3,(H,17,19). The van der Waals surface area contributed by atoms with Crippen LogP contribution in [-0.2, 0) is 14.8 Å². The molecule has 0 unspecified atom stereocenters. The summed E-state index contributed by atoms with van der Waals surface area (Å²) in [6, 6.07) is 8.98. The third-order valence-corrected chi connectivity index (χ3v) is 4.91. The molecule has 0 radical (unpaired) electrons. The van der Waals surface area contributed by atoms with Crippen LogP contribution in [0.1, 0.15) is 0 Å². The van der Waals surface area contributed by atoms with Crippen molar-refractivity contribution >= 4 is 27.3 Å². The van der Waals surface area contributed by atoms with Gasteiger partial charge in [-0.15, -0.1) is 0 Å². The number of amides is 1. The van der Waals surface area contributed by atoms with Crippen LogP contribution in [0.2, 0.25) is 0 Å². The van der Waals surface area contributed by atoms with E-state index in [9.17, 15) is 13.2 Å². The van der Waals surface area contributed by atoms with E-state index >= 15 is 0 Å². The molecule has 0 atom stereocenters. The molecule has 0 spiro atoms. The zero-order chi connectivity index (χ0) is 18.0. The number of sulfonamides is 1. The normalized spacial score (nSPS) is 13.3. The summed E-state index contributed by atoms with van der Waals surface area (Å²) in [5.41, 5.74) is 0.669. The van der Waals surface area contributed by atoms with Gasteiger partial charge in [0.2, 0.25) is 0 Å². The van der Waals surface area contributed by atoms with Crippen LogP contribution in [0.4, 0.5) is 11.4 Å². The van der Waals surface area contributed by atoms with Gasteiger partial charge in [-0.05, 0) is 24.3 Å². The van der Waals surface area contributed by atoms with Crippen LogP contribution in [0, 0.1) is 0 Å². The highest BCUT2D eigenvalue weighted by Gasteiger charge is 2.22. The van der Waals surface area contributed by atoms with Gasteiger partial charge in [0.1, 0.15) is 17.2 Å². The Hall–Kier alpha value is -2.94. The zero-order valence-corrected chi connectivity index (χ0v) is 14.3. The summed E-state index contributed by atoms with van der Waals surface area (Å²) in [5, 5.41) is 2.61. The van der Waals surface area contributed by atoms with E-state index in [4.69, 9.17) is 14.2 Å². The van der Waals surface area contributed by atoms with Gasteiger partial charge >= 0.3 is 0 Å². The minimum Gasteiger partial charge on any atom is -0.497 e. The average Bonchev–Trinajstić information content (AvgIpc) is 2.60. The lowest BCUT2D eigenvalue weighted by molar-refractivity contribution is -0.118. The van der Waals surface area contributed by atoms with Crippen molar-refractivity contribution in [3.63, 3.8) is 0 Å². The second-order valence-electron chi connectivity index (χ2n) is 5.17. The summed E-state index contributed by atoms with van der Waals surface area (Å²) in [6.07, 6.45) is 0. The number of hydrogen-bond acceptors (Lipinski definition) is 6. The number of nitrogens with one attached hydrogen (secondary N) is 2. The summed E-state index contributed by atoms with van der Waals surface area (Å²) in [6.45, 7) is -0.159. The third kappa shape index (κ3) is 3.45. The number of hydrogen-bond donors (Lipinski definition) is 2. The first-order valence-corrected chi connectivity index (χ1v) is 8.73. The number of carbonyl (C=O) groups excluding carboxylic acids is 1. The highest BCUT2D eigenvalue weighted by molar-refractivity contribution is 7.92. The van der Waals surface area contributed by atoms with E-state index in [2.05, 4.69) is 10.0 Å². The molecular weight excluding hydrogens is 348 g/mol. The number of carbonyl (C=O) groups is 1. The fourth-order valence-corrected chi connectivity index (χ4v) is 3.40. The van der Waals surface area contributed by atoms with E-state index < -0.39 is 10.0 Å². The van der Waals surface area contributed by atoms with E-state index in [1.807, 2.05) is 0 Å². The van der Waals surface area contributed by atoms with Crippen LogP contribution in [0.25, 0.3) is 0 Å². The molecule has 0 bridgehead atoms. The van der Waals surface area contributed by atoms with Crippen molar-refractivity contribution in [1.82, 2.24) is 0 Å². The maximum atomic E-state index is 12.7. The number of benzene rings is 2. The molecule has 0 fully saturated rings. The molecule has 0 saturated carbocycles. The maximum absolute atomic E-state index is 12.7. The Morgan fingerprint density at radius 1 is 1.12 bits per heavy atom. The molecule has 2 N–H and O–H groups in total. The molecule has 3 rings (SSSR count). The van der Waals surface area contributed by atoms with Crippen LogP contribution in [0.3, 0.4) is 0 Å². The quantitative estimate of drug-likeness (QED) is 0.839. The molecule has 0 saturated heterocycles. The van der Waals surface area contributed by atoms with Crippen molar-refractivity contribution < 1.29 is 27.4 Å². The predicted molar refractivity (Wildman–Crippen MR) is 90.9 cm³/mol. The third-order valence-electron chi connectivity index (χ3n) is 3.55. The van der Waals surface area contributed by atoms with Crippen LogP contribution < -0.4 is 24.2 Å². The molecule has 2 aromatic rings. The van der Waals surface area contributed by atoms with Crippen molar-refractivity contribution in [2.75, 3.05) is 30.9 Å². The molecule has 1 aliphatic rings. The lowest BCUT2D eigenvalue weighted by Gasteiger charge is -2.19. The molecule has 132 valence electrons. The van der Waals surface area contributed by atoms with Crippen molar-refractivity contribution in [3.05, 3.63) is 36.4 Å². The second kappa shape index (κ2) is 6.52. The van der Waals surface area contributed by atoms with Crippen LogP contribution >= 0.6 is 0 Å².